The molecule has 0 saturated carbocycles. The number of nitrogens with two attached hydrogens (primary N) is 1. The van der Waals surface area contributed by atoms with Crippen LogP contribution < -0.4 is 5.73 Å². The molecule has 0 radical (unpaired) electrons. The summed E-state index contributed by atoms with van der Waals surface area (Å²) in [5.74, 6) is -0.260. The maximum atomic E-state index is 11.9. The van der Waals surface area contributed by atoms with Crippen LogP contribution in [0.1, 0.15) is 16.8 Å². The zero-order valence-corrected chi connectivity index (χ0v) is 9.83. The molecule has 1 rings (SSSR count). The van der Waals surface area contributed by atoms with Gasteiger partial charge in [0.05, 0.1) is 10.6 Å². The van der Waals surface area contributed by atoms with E-state index in [-0.39, 0.29) is 17.2 Å². The molecule has 3 N–H and O–H groups in total. The minimum absolute atomic E-state index is 0.0188. The van der Waals surface area contributed by atoms with E-state index in [0.717, 1.165) is 0 Å². The van der Waals surface area contributed by atoms with Crippen molar-refractivity contribution < 1.29 is 9.90 Å². The van der Waals surface area contributed by atoms with Gasteiger partial charge in [0.2, 0.25) is 0 Å². The lowest BCUT2D eigenvalue weighted by Crippen LogP contribution is -2.30. The minimum atomic E-state index is -0.241. The zero-order valence-electron chi connectivity index (χ0n) is 9.01. The molecule has 5 heteroatoms. The fourth-order valence-corrected chi connectivity index (χ4v) is 1.33. The van der Waals surface area contributed by atoms with Gasteiger partial charge in [-0.2, -0.15) is 0 Å². The van der Waals surface area contributed by atoms with Crippen LogP contribution in [0.4, 0.5) is 0 Å². The average Bonchev–Trinajstić information content (AvgIpc) is 2.25. The Morgan fingerprint density at radius 1 is 1.50 bits per heavy atom. The van der Waals surface area contributed by atoms with Gasteiger partial charge < -0.3 is 15.7 Å². The number of benzene rings is 1. The van der Waals surface area contributed by atoms with Crippen LogP contribution in [0.5, 0.6) is 5.75 Å². The Hall–Kier alpha value is -1.62. The molecule has 0 heterocycles. The average molecular weight is 238 g/mol. The number of amides is 1. The summed E-state index contributed by atoms with van der Waals surface area (Å²) >= 11 is 4.73. The molecule has 1 aromatic carbocycles. The van der Waals surface area contributed by atoms with E-state index in [1.807, 2.05) is 0 Å². The highest BCUT2D eigenvalue weighted by Gasteiger charge is 2.14. The predicted octanol–water partition coefficient (Wildman–Crippen LogP) is 1.14. The summed E-state index contributed by atoms with van der Waals surface area (Å²) in [4.78, 5) is 13.7. The number of phenolic OH excluding ortho intramolecular Hbond substituents is 1. The molecule has 0 aromatic heterocycles. The monoisotopic (exact) mass is 238 g/mol. The van der Waals surface area contributed by atoms with Gasteiger partial charge in [-0.15, -0.1) is 0 Å². The fourth-order valence-electron chi connectivity index (χ4n) is 1.24. The Balaban J connectivity index is 2.71. The van der Waals surface area contributed by atoms with E-state index in [0.29, 0.717) is 18.0 Å². The third kappa shape index (κ3) is 3.20. The number of aromatic hydroxyl groups is 1. The summed E-state index contributed by atoms with van der Waals surface area (Å²) in [6.45, 7) is 0.447. The predicted molar refractivity (Wildman–Crippen MR) is 66.5 cm³/mol. The summed E-state index contributed by atoms with van der Waals surface area (Å²) in [6.07, 6.45) is 0.477. The third-order valence-corrected chi connectivity index (χ3v) is 2.38. The first-order chi connectivity index (χ1) is 7.52. The third-order valence-electron chi connectivity index (χ3n) is 2.17. The summed E-state index contributed by atoms with van der Waals surface area (Å²) in [7, 11) is 1.65. The molecule has 0 aliphatic carbocycles. The standard InChI is InChI=1S/C11H14N2O2S/c1-13(7-6-10(12)16)11(15)8-4-2-3-5-9(8)14/h2-5,14H,6-7H2,1H3,(H2,12,16). The molecule has 0 fully saturated rings. The number of rotatable bonds is 4. The van der Waals surface area contributed by atoms with E-state index in [4.69, 9.17) is 18.0 Å². The Morgan fingerprint density at radius 2 is 2.12 bits per heavy atom. The van der Waals surface area contributed by atoms with E-state index in [9.17, 15) is 9.90 Å². The van der Waals surface area contributed by atoms with Gasteiger partial charge in [-0.05, 0) is 12.1 Å². The maximum absolute atomic E-state index is 11.9. The van der Waals surface area contributed by atoms with Crippen molar-refractivity contribution in [3.63, 3.8) is 0 Å². The van der Waals surface area contributed by atoms with E-state index in [2.05, 4.69) is 0 Å². The molecule has 1 aromatic rings. The first-order valence-corrected chi connectivity index (χ1v) is 5.25. The van der Waals surface area contributed by atoms with Crippen LogP contribution in [0.2, 0.25) is 0 Å². The molecule has 0 aliphatic rings. The molecule has 0 bridgehead atoms. The van der Waals surface area contributed by atoms with Gasteiger partial charge in [0.25, 0.3) is 5.91 Å². The van der Waals surface area contributed by atoms with E-state index in [1.54, 1.807) is 25.2 Å². The highest BCUT2D eigenvalue weighted by Crippen LogP contribution is 2.17. The van der Waals surface area contributed by atoms with Crippen molar-refractivity contribution in [2.45, 2.75) is 6.42 Å². The van der Waals surface area contributed by atoms with Gasteiger partial charge in [0.1, 0.15) is 5.75 Å². The topological polar surface area (TPSA) is 66.6 Å². The number of phenols is 1. The molecule has 0 atom stereocenters. The molecule has 4 nitrogen and oxygen atoms in total. The molecule has 0 aliphatic heterocycles. The summed E-state index contributed by atoms with van der Waals surface area (Å²) in [5, 5.41) is 9.51. The Morgan fingerprint density at radius 3 is 2.69 bits per heavy atom. The second kappa shape index (κ2) is 5.46. The van der Waals surface area contributed by atoms with Gasteiger partial charge in [0, 0.05) is 20.0 Å². The molecule has 1 amide bonds. The summed E-state index contributed by atoms with van der Waals surface area (Å²) in [5.41, 5.74) is 5.64. The minimum Gasteiger partial charge on any atom is -0.507 e. The number of carbonyl (C=O) groups is 1. The Kier molecular flexibility index (Phi) is 4.25. The lowest BCUT2D eigenvalue weighted by atomic mass is 10.2. The molecular formula is C11H14N2O2S. The summed E-state index contributed by atoms with van der Waals surface area (Å²) < 4.78 is 0. The second-order valence-electron chi connectivity index (χ2n) is 3.46. The Bertz CT molecular complexity index is 407. The number of nitrogens with zero attached hydrogens (tertiary/aromatic N) is 1. The van der Waals surface area contributed by atoms with Crippen LogP contribution in [-0.2, 0) is 0 Å². The molecular weight excluding hydrogens is 224 g/mol. The van der Waals surface area contributed by atoms with Crippen molar-refractivity contribution in [3.05, 3.63) is 29.8 Å². The zero-order chi connectivity index (χ0) is 12.1. The number of para-hydroxylation sites is 1. The summed E-state index contributed by atoms with van der Waals surface area (Å²) in [6, 6.07) is 6.43. The number of thiocarbonyl (C=S) groups is 1. The normalized spacial score (nSPS) is 9.81. The van der Waals surface area contributed by atoms with Gasteiger partial charge in [0.15, 0.2) is 0 Å². The van der Waals surface area contributed by atoms with Gasteiger partial charge in [-0.3, -0.25) is 4.79 Å². The van der Waals surface area contributed by atoms with Crippen LogP contribution in [0.25, 0.3) is 0 Å². The highest BCUT2D eigenvalue weighted by atomic mass is 32.1. The van der Waals surface area contributed by atoms with Crippen LogP contribution in [0, 0.1) is 0 Å². The van der Waals surface area contributed by atoms with Crippen molar-refractivity contribution in [1.82, 2.24) is 4.90 Å². The van der Waals surface area contributed by atoms with Crippen LogP contribution in [0.15, 0.2) is 24.3 Å². The molecule has 0 saturated heterocycles. The van der Waals surface area contributed by atoms with E-state index >= 15 is 0 Å². The van der Waals surface area contributed by atoms with Gasteiger partial charge in [-0.1, -0.05) is 24.4 Å². The molecule has 16 heavy (non-hydrogen) atoms. The number of hydrogen-bond donors (Lipinski definition) is 2. The fraction of sp³-hybridized carbons (Fsp3) is 0.273. The molecule has 86 valence electrons. The van der Waals surface area contributed by atoms with Crippen LogP contribution in [0.3, 0.4) is 0 Å². The first-order valence-electron chi connectivity index (χ1n) is 4.84. The first kappa shape index (κ1) is 12.4. The van der Waals surface area contributed by atoms with Crippen LogP contribution in [-0.4, -0.2) is 34.5 Å². The largest absolute Gasteiger partial charge is 0.507 e. The van der Waals surface area contributed by atoms with Crippen molar-refractivity contribution in [2.75, 3.05) is 13.6 Å². The lowest BCUT2D eigenvalue weighted by molar-refractivity contribution is 0.0796. The quantitative estimate of drug-likeness (QED) is 0.772. The van der Waals surface area contributed by atoms with Crippen molar-refractivity contribution in [3.8, 4) is 5.75 Å². The second-order valence-corrected chi connectivity index (χ2v) is 3.98. The molecule has 0 unspecified atom stereocenters. The van der Waals surface area contributed by atoms with Crippen molar-refractivity contribution >= 4 is 23.1 Å². The number of hydrogen-bond acceptors (Lipinski definition) is 3. The highest BCUT2D eigenvalue weighted by molar-refractivity contribution is 7.80. The lowest BCUT2D eigenvalue weighted by Gasteiger charge is -2.17. The van der Waals surface area contributed by atoms with Crippen molar-refractivity contribution in [2.24, 2.45) is 5.73 Å². The van der Waals surface area contributed by atoms with Crippen LogP contribution >= 0.6 is 12.2 Å². The van der Waals surface area contributed by atoms with E-state index in [1.165, 1.54) is 11.0 Å². The van der Waals surface area contributed by atoms with E-state index < -0.39 is 0 Å². The Labute approximate surface area is 99.7 Å². The maximum Gasteiger partial charge on any atom is 0.257 e. The van der Waals surface area contributed by atoms with Gasteiger partial charge in [-0.25, -0.2) is 0 Å². The van der Waals surface area contributed by atoms with Gasteiger partial charge >= 0.3 is 0 Å². The number of carbonyl (C=O) groups excluding carboxylic acids is 1. The molecule has 0 spiro atoms. The van der Waals surface area contributed by atoms with Crippen molar-refractivity contribution in [1.29, 1.82) is 0 Å². The SMILES string of the molecule is CN(CCC(N)=S)C(=O)c1ccccc1O. The smallest absolute Gasteiger partial charge is 0.257 e.